The number of nitrogens with one attached hydrogen (secondary N) is 1. The molecule has 0 aliphatic carbocycles. The first kappa shape index (κ1) is 24.9. The van der Waals surface area contributed by atoms with E-state index in [0.29, 0.717) is 38.4 Å². The number of piperazine rings is 1. The van der Waals surface area contributed by atoms with E-state index in [2.05, 4.69) is 15.2 Å². The summed E-state index contributed by atoms with van der Waals surface area (Å²) in [5, 5.41) is 3.23. The van der Waals surface area contributed by atoms with Crippen LogP contribution in [0.4, 0.5) is 10.1 Å². The van der Waals surface area contributed by atoms with Gasteiger partial charge in [0, 0.05) is 32.7 Å². The van der Waals surface area contributed by atoms with Crippen molar-refractivity contribution in [3.05, 3.63) is 30.1 Å². The Balaban J connectivity index is 0.00000392. The molecule has 1 aromatic rings. The van der Waals surface area contributed by atoms with Gasteiger partial charge >= 0.3 is 0 Å². The van der Waals surface area contributed by atoms with Gasteiger partial charge in [0.25, 0.3) is 0 Å². The Morgan fingerprint density at radius 3 is 2.32 bits per heavy atom. The highest BCUT2D eigenvalue weighted by atomic mass is 127. The Morgan fingerprint density at radius 1 is 1.18 bits per heavy atom. The molecule has 1 aromatic carbocycles. The zero-order chi connectivity index (χ0) is 20.1. The van der Waals surface area contributed by atoms with Crippen molar-refractivity contribution >= 4 is 45.5 Å². The number of sulfone groups is 1. The molecule has 1 aliphatic rings. The molecular formula is C19H32FIN4O2S. The molecule has 2 rings (SSSR count). The lowest BCUT2D eigenvalue weighted by atomic mass is 10.2. The smallest absolute Gasteiger partial charge is 0.194 e. The monoisotopic (exact) mass is 526 g/mol. The van der Waals surface area contributed by atoms with Gasteiger partial charge in [0.15, 0.2) is 15.8 Å². The largest absolute Gasteiger partial charge is 0.366 e. The summed E-state index contributed by atoms with van der Waals surface area (Å²) in [5.74, 6) is 0.536. The van der Waals surface area contributed by atoms with Crippen molar-refractivity contribution in [1.82, 2.24) is 10.2 Å². The first-order chi connectivity index (χ1) is 12.7. The van der Waals surface area contributed by atoms with E-state index < -0.39 is 14.6 Å². The van der Waals surface area contributed by atoms with Crippen molar-refractivity contribution < 1.29 is 12.8 Å². The van der Waals surface area contributed by atoms with E-state index >= 15 is 0 Å². The minimum atomic E-state index is -3.19. The van der Waals surface area contributed by atoms with Gasteiger partial charge in [-0.25, -0.2) is 12.8 Å². The maximum Gasteiger partial charge on any atom is 0.194 e. The number of rotatable bonds is 5. The molecule has 0 bridgehead atoms. The Kier molecular flexibility index (Phi) is 9.45. The fraction of sp³-hybridized carbons (Fsp3) is 0.632. The number of guanidine groups is 1. The molecule has 1 fully saturated rings. The summed E-state index contributed by atoms with van der Waals surface area (Å²) < 4.78 is 37.7. The van der Waals surface area contributed by atoms with Gasteiger partial charge in [0.05, 0.1) is 22.7 Å². The van der Waals surface area contributed by atoms with Crippen molar-refractivity contribution in [2.75, 3.05) is 49.9 Å². The second-order valence-electron chi connectivity index (χ2n) is 7.59. The standard InChI is InChI=1S/C19H31FN4O2S.HI/c1-5-21-18(22-10-15-27(25,26)19(2,3)4)24-13-11-23(12-14-24)17-9-7-6-8-16(17)20;/h6-9H,5,10-15H2,1-4H3,(H,21,22);1H. The van der Waals surface area contributed by atoms with E-state index in [1.54, 1.807) is 32.9 Å². The second kappa shape index (κ2) is 10.6. The lowest BCUT2D eigenvalue weighted by Crippen LogP contribution is -2.52. The molecule has 160 valence electrons. The summed E-state index contributed by atoms with van der Waals surface area (Å²) in [6.07, 6.45) is 0. The van der Waals surface area contributed by atoms with E-state index in [-0.39, 0.29) is 42.1 Å². The van der Waals surface area contributed by atoms with Gasteiger partial charge in [-0.2, -0.15) is 0 Å². The fourth-order valence-electron chi connectivity index (χ4n) is 2.87. The number of hydrogen-bond donors (Lipinski definition) is 1. The van der Waals surface area contributed by atoms with Gasteiger partial charge in [-0.05, 0) is 39.8 Å². The van der Waals surface area contributed by atoms with E-state index in [1.807, 2.05) is 17.9 Å². The van der Waals surface area contributed by atoms with Gasteiger partial charge in [0.2, 0.25) is 0 Å². The molecule has 0 saturated carbocycles. The maximum atomic E-state index is 14.0. The first-order valence-corrected chi connectivity index (χ1v) is 11.1. The average Bonchev–Trinajstić information content (AvgIpc) is 2.60. The molecular weight excluding hydrogens is 494 g/mol. The van der Waals surface area contributed by atoms with Gasteiger partial charge < -0.3 is 15.1 Å². The number of anilines is 1. The molecule has 0 amide bonds. The third kappa shape index (κ3) is 6.47. The molecule has 0 spiro atoms. The van der Waals surface area contributed by atoms with Gasteiger partial charge in [-0.3, -0.25) is 4.99 Å². The van der Waals surface area contributed by atoms with Crippen molar-refractivity contribution in [1.29, 1.82) is 0 Å². The zero-order valence-corrected chi connectivity index (χ0v) is 20.3. The Hall–Kier alpha value is -1.10. The molecule has 28 heavy (non-hydrogen) atoms. The highest BCUT2D eigenvalue weighted by Crippen LogP contribution is 2.20. The van der Waals surface area contributed by atoms with Crippen LogP contribution in [-0.2, 0) is 9.84 Å². The molecule has 0 radical (unpaired) electrons. The van der Waals surface area contributed by atoms with E-state index in [0.717, 1.165) is 5.96 Å². The van der Waals surface area contributed by atoms with Crippen LogP contribution in [-0.4, -0.2) is 69.0 Å². The SMILES string of the molecule is CCNC(=NCCS(=O)(=O)C(C)(C)C)N1CCN(c2ccccc2F)CC1.I. The molecule has 9 heteroatoms. The predicted octanol–water partition coefficient (Wildman–Crippen LogP) is 2.74. The van der Waals surface area contributed by atoms with Crippen LogP contribution in [0.1, 0.15) is 27.7 Å². The van der Waals surface area contributed by atoms with Crippen LogP contribution in [0.2, 0.25) is 0 Å². The third-order valence-corrected chi connectivity index (χ3v) is 7.25. The molecule has 1 heterocycles. The topological polar surface area (TPSA) is 65.0 Å². The lowest BCUT2D eigenvalue weighted by Gasteiger charge is -2.37. The minimum Gasteiger partial charge on any atom is -0.366 e. The fourth-order valence-corrected chi connectivity index (χ4v) is 3.82. The predicted molar refractivity (Wildman–Crippen MR) is 125 cm³/mol. The van der Waals surface area contributed by atoms with Crippen molar-refractivity contribution in [2.45, 2.75) is 32.4 Å². The molecule has 1 aliphatic heterocycles. The highest BCUT2D eigenvalue weighted by molar-refractivity contribution is 14.0. The molecule has 6 nitrogen and oxygen atoms in total. The minimum absolute atomic E-state index is 0. The summed E-state index contributed by atoms with van der Waals surface area (Å²) in [6, 6.07) is 6.80. The number of nitrogens with zero attached hydrogens (tertiary/aromatic N) is 3. The summed E-state index contributed by atoms with van der Waals surface area (Å²) in [7, 11) is -3.19. The quantitative estimate of drug-likeness (QED) is 0.363. The molecule has 0 unspecified atom stereocenters. The number of halogens is 2. The first-order valence-electron chi connectivity index (χ1n) is 9.41. The Morgan fingerprint density at radius 2 is 1.79 bits per heavy atom. The Labute approximate surface area is 185 Å². The number of hydrogen-bond acceptors (Lipinski definition) is 4. The summed E-state index contributed by atoms with van der Waals surface area (Å²) >= 11 is 0. The van der Waals surface area contributed by atoms with Gasteiger partial charge in [-0.15, -0.1) is 24.0 Å². The maximum absolute atomic E-state index is 14.0. The third-order valence-electron chi connectivity index (χ3n) is 4.66. The van der Waals surface area contributed by atoms with Crippen LogP contribution in [0.25, 0.3) is 0 Å². The average molecular weight is 526 g/mol. The number of aliphatic imine (C=N–C) groups is 1. The zero-order valence-electron chi connectivity index (χ0n) is 17.1. The number of benzene rings is 1. The highest BCUT2D eigenvalue weighted by Gasteiger charge is 2.28. The second-order valence-corrected chi connectivity index (χ2v) is 10.5. The van der Waals surface area contributed by atoms with Crippen LogP contribution in [0.3, 0.4) is 0 Å². The van der Waals surface area contributed by atoms with Crippen LogP contribution < -0.4 is 10.2 Å². The molecule has 1 N–H and O–H groups in total. The van der Waals surface area contributed by atoms with Crippen molar-refractivity contribution in [3.8, 4) is 0 Å². The number of para-hydroxylation sites is 1. The van der Waals surface area contributed by atoms with Crippen molar-refractivity contribution in [2.24, 2.45) is 4.99 Å². The van der Waals surface area contributed by atoms with E-state index in [9.17, 15) is 12.8 Å². The molecule has 1 saturated heterocycles. The summed E-state index contributed by atoms with van der Waals surface area (Å²) in [6.45, 7) is 10.8. The summed E-state index contributed by atoms with van der Waals surface area (Å²) in [4.78, 5) is 8.64. The molecule has 0 aromatic heterocycles. The van der Waals surface area contributed by atoms with E-state index in [1.165, 1.54) is 6.07 Å². The summed E-state index contributed by atoms with van der Waals surface area (Å²) in [5.41, 5.74) is 0.621. The molecule has 0 atom stereocenters. The van der Waals surface area contributed by atoms with Crippen LogP contribution in [0, 0.1) is 5.82 Å². The Bertz CT molecular complexity index is 757. The van der Waals surface area contributed by atoms with Crippen LogP contribution in [0.5, 0.6) is 0 Å². The van der Waals surface area contributed by atoms with Crippen LogP contribution in [0.15, 0.2) is 29.3 Å². The van der Waals surface area contributed by atoms with Crippen molar-refractivity contribution in [3.63, 3.8) is 0 Å². The lowest BCUT2D eigenvalue weighted by molar-refractivity contribution is 0.371. The normalized spacial score (nSPS) is 16.0. The van der Waals surface area contributed by atoms with E-state index in [4.69, 9.17) is 0 Å². The van der Waals surface area contributed by atoms with Gasteiger partial charge in [-0.1, -0.05) is 12.1 Å². The van der Waals surface area contributed by atoms with Gasteiger partial charge in [0.1, 0.15) is 5.82 Å². The van der Waals surface area contributed by atoms with Crippen LogP contribution >= 0.6 is 24.0 Å².